The molecule has 30 heavy (non-hydrogen) atoms. The summed E-state index contributed by atoms with van der Waals surface area (Å²) in [4.78, 5) is 10.6. The van der Waals surface area contributed by atoms with Crippen molar-refractivity contribution in [3.8, 4) is 0 Å². The molecule has 0 aromatic heterocycles. The maximum Gasteiger partial charge on any atom is 0.122 e. The van der Waals surface area contributed by atoms with Gasteiger partial charge >= 0.3 is 0 Å². The standard InChI is InChI=1S/C29H58O/c1-3-4-5-6-7-8-9-10-11-12-13-14-15-16-17-18-19-20-21-22-23-24-25-26-27-29(2)28-30/h28-29H,3-27H2,1-2H3. The molecule has 0 saturated heterocycles. The molecule has 1 nitrogen and oxygen atoms in total. The van der Waals surface area contributed by atoms with Gasteiger partial charge in [0.15, 0.2) is 0 Å². The minimum Gasteiger partial charge on any atom is -0.303 e. The Morgan fingerprint density at radius 2 is 0.667 bits per heavy atom. The molecule has 0 spiro atoms. The smallest absolute Gasteiger partial charge is 0.122 e. The van der Waals surface area contributed by atoms with Crippen molar-refractivity contribution in [1.82, 2.24) is 0 Å². The zero-order valence-corrected chi connectivity index (χ0v) is 21.2. The number of rotatable bonds is 26. The molecule has 180 valence electrons. The highest BCUT2D eigenvalue weighted by atomic mass is 16.1. The van der Waals surface area contributed by atoms with Crippen LogP contribution in [0.1, 0.15) is 174 Å². The van der Waals surface area contributed by atoms with Crippen molar-refractivity contribution in [3.05, 3.63) is 0 Å². The van der Waals surface area contributed by atoms with E-state index in [-0.39, 0.29) is 5.92 Å². The van der Waals surface area contributed by atoms with Gasteiger partial charge in [0, 0.05) is 5.92 Å². The lowest BCUT2D eigenvalue weighted by molar-refractivity contribution is -0.110. The molecule has 0 radical (unpaired) electrons. The first kappa shape index (κ1) is 29.7. The number of unbranched alkanes of at least 4 members (excludes halogenated alkanes) is 23. The average Bonchev–Trinajstić information content (AvgIpc) is 2.76. The summed E-state index contributed by atoms with van der Waals surface area (Å²) in [5.41, 5.74) is 0. The van der Waals surface area contributed by atoms with Gasteiger partial charge in [-0.2, -0.15) is 0 Å². The first-order valence-corrected chi connectivity index (χ1v) is 14.3. The summed E-state index contributed by atoms with van der Waals surface area (Å²) < 4.78 is 0. The van der Waals surface area contributed by atoms with E-state index in [4.69, 9.17) is 0 Å². The minimum absolute atomic E-state index is 0.268. The molecule has 0 aromatic rings. The van der Waals surface area contributed by atoms with E-state index in [1.165, 1.54) is 154 Å². The second-order valence-corrected chi connectivity index (χ2v) is 10.0. The van der Waals surface area contributed by atoms with Crippen LogP contribution in [0.2, 0.25) is 0 Å². The monoisotopic (exact) mass is 422 g/mol. The van der Waals surface area contributed by atoms with E-state index in [1.807, 2.05) is 6.92 Å². The quantitative estimate of drug-likeness (QED) is 0.1000. The van der Waals surface area contributed by atoms with Crippen LogP contribution in [0.3, 0.4) is 0 Å². The maximum atomic E-state index is 10.6. The van der Waals surface area contributed by atoms with Gasteiger partial charge in [0.1, 0.15) is 6.29 Å². The van der Waals surface area contributed by atoms with Gasteiger partial charge in [-0.1, -0.05) is 168 Å². The fourth-order valence-electron chi connectivity index (χ4n) is 4.50. The van der Waals surface area contributed by atoms with Gasteiger partial charge in [0.25, 0.3) is 0 Å². The Morgan fingerprint density at radius 3 is 0.900 bits per heavy atom. The molecule has 1 unspecified atom stereocenters. The van der Waals surface area contributed by atoms with Gasteiger partial charge in [-0.15, -0.1) is 0 Å². The van der Waals surface area contributed by atoms with E-state index in [0.29, 0.717) is 0 Å². The zero-order chi connectivity index (χ0) is 22.0. The van der Waals surface area contributed by atoms with Crippen LogP contribution < -0.4 is 0 Å². The number of carbonyl (C=O) groups excluding carboxylic acids is 1. The van der Waals surface area contributed by atoms with Gasteiger partial charge in [0.05, 0.1) is 0 Å². The summed E-state index contributed by atoms with van der Waals surface area (Å²) in [6.45, 7) is 4.33. The van der Waals surface area contributed by atoms with Crippen molar-refractivity contribution >= 4 is 6.29 Å². The molecule has 0 aromatic carbocycles. The fourth-order valence-corrected chi connectivity index (χ4v) is 4.50. The molecule has 0 heterocycles. The highest BCUT2D eigenvalue weighted by molar-refractivity contribution is 5.52. The van der Waals surface area contributed by atoms with Gasteiger partial charge in [-0.05, 0) is 6.42 Å². The lowest BCUT2D eigenvalue weighted by Crippen LogP contribution is -1.94. The highest BCUT2D eigenvalue weighted by Crippen LogP contribution is 2.16. The third-order valence-corrected chi connectivity index (χ3v) is 6.75. The Labute approximate surface area is 191 Å². The van der Waals surface area contributed by atoms with Gasteiger partial charge in [0.2, 0.25) is 0 Å². The molecular formula is C29H58O. The number of carbonyl (C=O) groups is 1. The molecule has 0 aliphatic carbocycles. The molecule has 0 fully saturated rings. The summed E-state index contributed by atoms with van der Waals surface area (Å²) in [5, 5.41) is 0. The van der Waals surface area contributed by atoms with Crippen molar-refractivity contribution in [2.45, 2.75) is 174 Å². The SMILES string of the molecule is CCCCCCCCCCCCCCCCCCCCCCCCCCC(C)C=O. The summed E-state index contributed by atoms with van der Waals surface area (Å²) in [6.07, 6.45) is 36.7. The highest BCUT2D eigenvalue weighted by Gasteiger charge is 1.99. The molecule has 0 N–H and O–H groups in total. The van der Waals surface area contributed by atoms with Crippen LogP contribution in [0.5, 0.6) is 0 Å². The molecule has 0 saturated carbocycles. The fraction of sp³-hybridized carbons (Fsp3) is 0.966. The third kappa shape index (κ3) is 25.7. The maximum absolute atomic E-state index is 10.6. The molecule has 0 amide bonds. The lowest BCUT2D eigenvalue weighted by atomic mass is 10.0. The lowest BCUT2D eigenvalue weighted by Gasteiger charge is -2.05. The first-order valence-electron chi connectivity index (χ1n) is 14.3. The number of hydrogen-bond acceptors (Lipinski definition) is 1. The van der Waals surface area contributed by atoms with E-state index >= 15 is 0 Å². The first-order chi connectivity index (χ1) is 14.8. The summed E-state index contributed by atoms with van der Waals surface area (Å²) in [7, 11) is 0. The third-order valence-electron chi connectivity index (χ3n) is 6.75. The predicted octanol–water partition coefficient (Wildman–Crippen LogP) is 10.6. The number of hydrogen-bond donors (Lipinski definition) is 0. The normalized spacial score (nSPS) is 12.3. The van der Waals surface area contributed by atoms with E-state index in [2.05, 4.69) is 6.92 Å². The van der Waals surface area contributed by atoms with Crippen molar-refractivity contribution < 1.29 is 4.79 Å². The van der Waals surface area contributed by atoms with Gasteiger partial charge < -0.3 is 4.79 Å². The molecule has 0 aliphatic rings. The van der Waals surface area contributed by atoms with Crippen LogP contribution in [0.15, 0.2) is 0 Å². The Kier molecular flexibility index (Phi) is 26.4. The van der Waals surface area contributed by atoms with Gasteiger partial charge in [-0.25, -0.2) is 0 Å². The molecular weight excluding hydrogens is 364 g/mol. The van der Waals surface area contributed by atoms with E-state index in [1.54, 1.807) is 0 Å². The van der Waals surface area contributed by atoms with Gasteiger partial charge in [-0.3, -0.25) is 0 Å². The molecule has 0 aliphatic heterocycles. The second kappa shape index (κ2) is 26.7. The minimum atomic E-state index is 0.268. The zero-order valence-electron chi connectivity index (χ0n) is 21.2. The summed E-state index contributed by atoms with van der Waals surface area (Å²) in [5.74, 6) is 0.268. The molecule has 0 bridgehead atoms. The van der Waals surface area contributed by atoms with Crippen LogP contribution in [-0.2, 0) is 4.79 Å². The topological polar surface area (TPSA) is 17.1 Å². The van der Waals surface area contributed by atoms with Crippen LogP contribution >= 0.6 is 0 Å². The largest absolute Gasteiger partial charge is 0.303 e. The summed E-state index contributed by atoms with van der Waals surface area (Å²) in [6, 6.07) is 0. The van der Waals surface area contributed by atoms with Crippen LogP contribution in [0.25, 0.3) is 0 Å². The van der Waals surface area contributed by atoms with E-state index in [9.17, 15) is 4.79 Å². The Balaban J connectivity index is 3.01. The number of aldehydes is 1. The van der Waals surface area contributed by atoms with Crippen LogP contribution in [0.4, 0.5) is 0 Å². The Morgan fingerprint density at radius 1 is 0.433 bits per heavy atom. The molecule has 1 heteroatoms. The van der Waals surface area contributed by atoms with Crippen molar-refractivity contribution in [1.29, 1.82) is 0 Å². The van der Waals surface area contributed by atoms with Crippen molar-refractivity contribution in [3.63, 3.8) is 0 Å². The Hall–Kier alpha value is -0.330. The second-order valence-electron chi connectivity index (χ2n) is 10.0. The molecule has 1 atom stereocenters. The van der Waals surface area contributed by atoms with Crippen molar-refractivity contribution in [2.75, 3.05) is 0 Å². The van der Waals surface area contributed by atoms with E-state index < -0.39 is 0 Å². The summed E-state index contributed by atoms with van der Waals surface area (Å²) >= 11 is 0. The van der Waals surface area contributed by atoms with Crippen molar-refractivity contribution in [2.24, 2.45) is 5.92 Å². The molecule has 0 rings (SSSR count). The average molecular weight is 423 g/mol. The van der Waals surface area contributed by atoms with Crippen LogP contribution in [-0.4, -0.2) is 6.29 Å². The predicted molar refractivity (Wildman–Crippen MR) is 136 cm³/mol. The van der Waals surface area contributed by atoms with E-state index in [0.717, 1.165) is 12.7 Å². The Bertz CT molecular complexity index is 311. The van der Waals surface area contributed by atoms with Crippen LogP contribution in [0, 0.1) is 5.92 Å².